The Morgan fingerprint density at radius 2 is 1.80 bits per heavy atom. The SMILES string of the molecule is CC(=O)O.CCCC(C)C. The summed E-state index contributed by atoms with van der Waals surface area (Å²) in [6.07, 6.45) is 2.71. The molecule has 0 aromatic heterocycles. The summed E-state index contributed by atoms with van der Waals surface area (Å²) in [5.74, 6) is 0.0648. The van der Waals surface area contributed by atoms with E-state index in [2.05, 4.69) is 20.8 Å². The van der Waals surface area contributed by atoms with E-state index in [4.69, 9.17) is 9.90 Å². The normalized spacial score (nSPS) is 8.50. The molecule has 1 N–H and O–H groups in total. The van der Waals surface area contributed by atoms with Gasteiger partial charge in [0.2, 0.25) is 0 Å². The Balaban J connectivity index is 0. The monoisotopic (exact) mass is 146 g/mol. The summed E-state index contributed by atoms with van der Waals surface area (Å²) in [6, 6.07) is 0. The zero-order valence-electron chi connectivity index (χ0n) is 7.35. The highest BCUT2D eigenvalue weighted by atomic mass is 16.4. The van der Waals surface area contributed by atoms with Crippen molar-refractivity contribution in [2.24, 2.45) is 5.92 Å². The third-order valence-electron chi connectivity index (χ3n) is 0.866. The first kappa shape index (κ1) is 12.2. The molecule has 0 unspecified atom stereocenters. The summed E-state index contributed by atoms with van der Waals surface area (Å²) in [4.78, 5) is 9.00. The molecule has 0 heterocycles. The van der Waals surface area contributed by atoms with Gasteiger partial charge < -0.3 is 5.11 Å². The van der Waals surface area contributed by atoms with Gasteiger partial charge in [-0.3, -0.25) is 4.79 Å². The average Bonchev–Trinajstić information content (AvgIpc) is 1.62. The maximum Gasteiger partial charge on any atom is 0.300 e. The largest absolute Gasteiger partial charge is 0.481 e. The second-order valence-electron chi connectivity index (χ2n) is 2.70. The fourth-order valence-electron chi connectivity index (χ4n) is 0.577. The van der Waals surface area contributed by atoms with Crippen LogP contribution in [0.1, 0.15) is 40.5 Å². The minimum atomic E-state index is -0.833. The maximum atomic E-state index is 9.00. The number of hydrogen-bond acceptors (Lipinski definition) is 1. The van der Waals surface area contributed by atoms with Crippen LogP contribution in [0.2, 0.25) is 0 Å². The van der Waals surface area contributed by atoms with Crippen LogP contribution in [-0.4, -0.2) is 11.1 Å². The van der Waals surface area contributed by atoms with Gasteiger partial charge in [0.25, 0.3) is 5.97 Å². The summed E-state index contributed by atoms with van der Waals surface area (Å²) in [5, 5.41) is 7.42. The Hall–Kier alpha value is -0.530. The molecular formula is C8H18O2. The zero-order valence-corrected chi connectivity index (χ0v) is 7.35. The Morgan fingerprint density at radius 3 is 1.80 bits per heavy atom. The topological polar surface area (TPSA) is 37.3 Å². The summed E-state index contributed by atoms with van der Waals surface area (Å²) < 4.78 is 0. The van der Waals surface area contributed by atoms with Crippen LogP contribution in [0.25, 0.3) is 0 Å². The van der Waals surface area contributed by atoms with E-state index in [1.807, 2.05) is 0 Å². The van der Waals surface area contributed by atoms with E-state index < -0.39 is 5.97 Å². The molecule has 0 amide bonds. The lowest BCUT2D eigenvalue weighted by atomic mass is 10.1. The fourth-order valence-corrected chi connectivity index (χ4v) is 0.577. The minimum absolute atomic E-state index is 0.833. The Kier molecular flexibility index (Phi) is 10.3. The zero-order chi connectivity index (χ0) is 8.57. The van der Waals surface area contributed by atoms with Crippen LogP contribution in [0.4, 0.5) is 0 Å². The summed E-state index contributed by atoms with van der Waals surface area (Å²) in [6.45, 7) is 7.81. The second kappa shape index (κ2) is 8.47. The Labute approximate surface area is 63.3 Å². The Bertz CT molecular complexity index is 73.3. The Morgan fingerprint density at radius 1 is 1.50 bits per heavy atom. The van der Waals surface area contributed by atoms with Gasteiger partial charge in [-0.25, -0.2) is 0 Å². The van der Waals surface area contributed by atoms with E-state index in [-0.39, 0.29) is 0 Å². The number of carboxylic acids is 1. The highest BCUT2D eigenvalue weighted by molar-refractivity contribution is 5.62. The van der Waals surface area contributed by atoms with Crippen molar-refractivity contribution in [2.75, 3.05) is 0 Å². The number of rotatable bonds is 2. The second-order valence-corrected chi connectivity index (χ2v) is 2.70. The number of carbonyl (C=O) groups is 1. The van der Waals surface area contributed by atoms with E-state index >= 15 is 0 Å². The molecule has 0 fully saturated rings. The van der Waals surface area contributed by atoms with Crippen LogP contribution in [-0.2, 0) is 4.79 Å². The first-order valence-electron chi connectivity index (χ1n) is 3.70. The van der Waals surface area contributed by atoms with Gasteiger partial charge in [0.05, 0.1) is 0 Å². The molecule has 0 bridgehead atoms. The number of aliphatic carboxylic acids is 1. The summed E-state index contributed by atoms with van der Waals surface area (Å²) in [7, 11) is 0. The first-order chi connectivity index (χ1) is 4.50. The van der Waals surface area contributed by atoms with Crippen LogP contribution < -0.4 is 0 Å². The molecular weight excluding hydrogens is 128 g/mol. The molecule has 0 atom stereocenters. The van der Waals surface area contributed by atoms with Gasteiger partial charge in [-0.05, 0) is 5.92 Å². The molecule has 0 aromatic rings. The highest BCUT2D eigenvalue weighted by Crippen LogP contribution is 2.00. The fraction of sp³-hybridized carbons (Fsp3) is 0.875. The lowest BCUT2D eigenvalue weighted by Crippen LogP contribution is -1.81. The third kappa shape index (κ3) is 51.3. The lowest BCUT2D eigenvalue weighted by Gasteiger charge is -1.95. The molecule has 2 heteroatoms. The van der Waals surface area contributed by atoms with Crippen LogP contribution in [0, 0.1) is 5.92 Å². The third-order valence-corrected chi connectivity index (χ3v) is 0.866. The van der Waals surface area contributed by atoms with Crippen LogP contribution in [0.5, 0.6) is 0 Å². The van der Waals surface area contributed by atoms with Gasteiger partial charge in [0.1, 0.15) is 0 Å². The molecule has 0 radical (unpaired) electrons. The highest BCUT2D eigenvalue weighted by Gasteiger charge is 1.85. The van der Waals surface area contributed by atoms with Crippen molar-refractivity contribution in [1.29, 1.82) is 0 Å². The first-order valence-corrected chi connectivity index (χ1v) is 3.70. The quantitative estimate of drug-likeness (QED) is 0.650. The summed E-state index contributed by atoms with van der Waals surface area (Å²) in [5.41, 5.74) is 0. The van der Waals surface area contributed by atoms with Crippen LogP contribution in [0.15, 0.2) is 0 Å². The van der Waals surface area contributed by atoms with Crippen molar-refractivity contribution in [3.8, 4) is 0 Å². The number of hydrogen-bond donors (Lipinski definition) is 1. The van der Waals surface area contributed by atoms with Gasteiger partial charge in [0, 0.05) is 6.92 Å². The molecule has 0 saturated heterocycles. The molecule has 0 spiro atoms. The number of carboxylic acid groups (broad SMARTS) is 1. The van der Waals surface area contributed by atoms with Crippen LogP contribution in [0.3, 0.4) is 0 Å². The van der Waals surface area contributed by atoms with E-state index in [9.17, 15) is 0 Å². The average molecular weight is 146 g/mol. The van der Waals surface area contributed by atoms with Gasteiger partial charge in [0.15, 0.2) is 0 Å². The predicted octanol–water partition coefficient (Wildman–Crippen LogP) is 2.53. The van der Waals surface area contributed by atoms with E-state index in [1.54, 1.807) is 0 Å². The molecule has 0 aromatic carbocycles. The molecule has 2 nitrogen and oxygen atoms in total. The molecule has 0 rings (SSSR count). The van der Waals surface area contributed by atoms with Crippen molar-refractivity contribution in [3.05, 3.63) is 0 Å². The van der Waals surface area contributed by atoms with Crippen molar-refractivity contribution in [1.82, 2.24) is 0 Å². The molecule has 0 aliphatic heterocycles. The van der Waals surface area contributed by atoms with Gasteiger partial charge in [-0.15, -0.1) is 0 Å². The van der Waals surface area contributed by atoms with Crippen molar-refractivity contribution >= 4 is 5.97 Å². The van der Waals surface area contributed by atoms with Crippen molar-refractivity contribution in [3.63, 3.8) is 0 Å². The van der Waals surface area contributed by atoms with Crippen molar-refractivity contribution in [2.45, 2.75) is 40.5 Å². The molecule has 62 valence electrons. The molecule has 10 heavy (non-hydrogen) atoms. The van der Waals surface area contributed by atoms with Crippen LogP contribution >= 0.6 is 0 Å². The molecule has 0 aliphatic rings. The van der Waals surface area contributed by atoms with Gasteiger partial charge in [-0.2, -0.15) is 0 Å². The lowest BCUT2D eigenvalue weighted by molar-refractivity contribution is -0.134. The van der Waals surface area contributed by atoms with Crippen molar-refractivity contribution < 1.29 is 9.90 Å². The molecule has 0 saturated carbocycles. The smallest absolute Gasteiger partial charge is 0.300 e. The predicted molar refractivity (Wildman–Crippen MR) is 43.1 cm³/mol. The maximum absolute atomic E-state index is 9.00. The van der Waals surface area contributed by atoms with E-state index in [1.165, 1.54) is 12.8 Å². The van der Waals surface area contributed by atoms with Gasteiger partial charge >= 0.3 is 0 Å². The van der Waals surface area contributed by atoms with E-state index in [0.717, 1.165) is 12.8 Å². The molecule has 0 aliphatic carbocycles. The minimum Gasteiger partial charge on any atom is -0.481 e. The summed E-state index contributed by atoms with van der Waals surface area (Å²) >= 11 is 0. The van der Waals surface area contributed by atoms with E-state index in [0.29, 0.717) is 0 Å². The standard InChI is InChI=1S/C6H14.C2H4O2/c1-4-5-6(2)3;1-2(3)4/h6H,4-5H2,1-3H3;1H3,(H,3,4). The van der Waals surface area contributed by atoms with Gasteiger partial charge in [-0.1, -0.05) is 33.6 Å².